The van der Waals surface area contributed by atoms with Gasteiger partial charge in [-0.05, 0) is 48.2 Å². The highest BCUT2D eigenvalue weighted by Gasteiger charge is 2.27. The summed E-state index contributed by atoms with van der Waals surface area (Å²) in [6.45, 7) is 3.31. The number of nitrogens with one attached hydrogen (secondary N) is 1. The highest BCUT2D eigenvalue weighted by atomic mass is 35.5. The van der Waals surface area contributed by atoms with E-state index in [-0.39, 0.29) is 13.0 Å². The molecule has 0 bridgehead atoms. The summed E-state index contributed by atoms with van der Waals surface area (Å²) < 4.78 is 0. The smallest absolute Gasteiger partial charge is 0.154 e. The molecular weight excluding hydrogens is 364 g/mol. The summed E-state index contributed by atoms with van der Waals surface area (Å²) in [6, 6.07) is 16.2. The minimum Gasteiger partial charge on any atom is -0.356 e. The van der Waals surface area contributed by atoms with Gasteiger partial charge in [-0.15, -0.1) is 0 Å². The van der Waals surface area contributed by atoms with Crippen LogP contribution in [0.2, 0.25) is 5.02 Å². The van der Waals surface area contributed by atoms with Gasteiger partial charge in [0, 0.05) is 17.3 Å². The fourth-order valence-corrected chi connectivity index (χ4v) is 3.11. The van der Waals surface area contributed by atoms with E-state index in [9.17, 15) is 0 Å². The van der Waals surface area contributed by atoms with Crippen molar-refractivity contribution >= 4 is 17.3 Å². The van der Waals surface area contributed by atoms with Crippen LogP contribution in [0.4, 0.5) is 5.69 Å². The van der Waals surface area contributed by atoms with E-state index >= 15 is 0 Å². The summed E-state index contributed by atoms with van der Waals surface area (Å²) in [5.41, 5.74) is 3.45. The van der Waals surface area contributed by atoms with Gasteiger partial charge in [-0.3, -0.25) is 5.84 Å². The predicted molar refractivity (Wildman–Crippen MR) is 107 cm³/mol. The normalized spacial score (nSPS) is 19.0. The molecule has 2 aromatic rings. The Kier molecular flexibility index (Phi) is 7.46. The van der Waals surface area contributed by atoms with Crippen LogP contribution in [-0.4, -0.2) is 29.7 Å². The van der Waals surface area contributed by atoms with Gasteiger partial charge >= 0.3 is 0 Å². The number of nitrogens with two attached hydrogens (primary N) is 1. The van der Waals surface area contributed by atoms with Crippen LogP contribution in [0.3, 0.4) is 0 Å². The number of benzene rings is 2. The molecule has 3 rings (SSSR count). The Morgan fingerprint density at radius 1 is 1.04 bits per heavy atom. The molecule has 1 aliphatic heterocycles. The molecule has 2 aromatic carbocycles. The van der Waals surface area contributed by atoms with Crippen molar-refractivity contribution in [2.75, 3.05) is 18.8 Å². The molecule has 1 fully saturated rings. The lowest BCUT2D eigenvalue weighted by atomic mass is 10.1. The number of anilines is 1. The Balaban J connectivity index is 1.70. The lowest BCUT2D eigenvalue weighted by molar-refractivity contribution is -0.314. The van der Waals surface area contributed by atoms with Gasteiger partial charge in [0.05, 0.1) is 0 Å². The molecule has 1 atom stereocenters. The van der Waals surface area contributed by atoms with Gasteiger partial charge in [0.2, 0.25) is 0 Å². The molecule has 0 radical (unpaired) electrons. The van der Waals surface area contributed by atoms with Crippen LogP contribution >= 0.6 is 11.6 Å². The van der Waals surface area contributed by atoms with Crippen molar-refractivity contribution in [3.63, 3.8) is 0 Å². The molecule has 6 nitrogen and oxygen atoms in total. The molecule has 0 aromatic heterocycles. The average molecular weight is 391 g/mol. The zero-order chi connectivity index (χ0) is 19.1. The lowest BCUT2D eigenvalue weighted by Gasteiger charge is -2.34. The standard InChI is InChI=1S/C20H27ClN4O2/c1-2-3-4-16-7-11-19(12-8-16)23-20-24(14-26-27-15-25(20)22)13-17-5-9-18(21)10-6-17/h5-12,20,23H,2-4,13-15,22H2,1H3. The molecule has 0 spiro atoms. The predicted octanol–water partition coefficient (Wildman–Crippen LogP) is 3.93. The first kappa shape index (κ1) is 20.1. The second-order valence-electron chi connectivity index (χ2n) is 6.70. The monoisotopic (exact) mass is 390 g/mol. The molecular formula is C20H27ClN4O2. The van der Waals surface area contributed by atoms with Crippen molar-refractivity contribution in [1.29, 1.82) is 0 Å². The second kappa shape index (κ2) is 10.0. The topological polar surface area (TPSA) is 63.0 Å². The Morgan fingerprint density at radius 3 is 2.41 bits per heavy atom. The van der Waals surface area contributed by atoms with E-state index in [1.165, 1.54) is 18.4 Å². The Bertz CT molecular complexity index is 696. The quantitative estimate of drug-likeness (QED) is 0.551. The van der Waals surface area contributed by atoms with Crippen LogP contribution in [0.25, 0.3) is 0 Å². The van der Waals surface area contributed by atoms with Gasteiger partial charge in [-0.25, -0.2) is 14.7 Å². The van der Waals surface area contributed by atoms with Crippen LogP contribution in [0.1, 0.15) is 30.9 Å². The molecule has 0 saturated carbocycles. The highest BCUT2D eigenvalue weighted by Crippen LogP contribution is 2.19. The Morgan fingerprint density at radius 2 is 1.70 bits per heavy atom. The number of nitrogens with zero attached hydrogens (tertiary/aromatic N) is 2. The van der Waals surface area contributed by atoms with Crippen LogP contribution in [0.5, 0.6) is 0 Å². The zero-order valence-electron chi connectivity index (χ0n) is 15.6. The van der Waals surface area contributed by atoms with Crippen molar-refractivity contribution in [3.05, 3.63) is 64.7 Å². The summed E-state index contributed by atoms with van der Waals surface area (Å²) in [5.74, 6) is 6.19. The summed E-state index contributed by atoms with van der Waals surface area (Å²) >= 11 is 5.99. The van der Waals surface area contributed by atoms with Gasteiger partial charge < -0.3 is 5.32 Å². The average Bonchev–Trinajstić information content (AvgIpc) is 2.85. The van der Waals surface area contributed by atoms with Crippen molar-refractivity contribution in [2.45, 2.75) is 39.0 Å². The van der Waals surface area contributed by atoms with Gasteiger partial charge in [-0.1, -0.05) is 49.2 Å². The minimum atomic E-state index is -0.273. The first-order valence-corrected chi connectivity index (χ1v) is 9.63. The third-order valence-corrected chi connectivity index (χ3v) is 4.78. The van der Waals surface area contributed by atoms with E-state index in [4.69, 9.17) is 27.2 Å². The van der Waals surface area contributed by atoms with Crippen LogP contribution in [0.15, 0.2) is 48.5 Å². The fraction of sp³-hybridized carbons (Fsp3) is 0.400. The first-order valence-electron chi connectivity index (χ1n) is 9.25. The maximum atomic E-state index is 6.19. The summed E-state index contributed by atoms with van der Waals surface area (Å²) in [4.78, 5) is 12.4. The van der Waals surface area contributed by atoms with Gasteiger partial charge in [-0.2, -0.15) is 5.01 Å². The largest absolute Gasteiger partial charge is 0.356 e. The number of halogens is 1. The summed E-state index contributed by atoms with van der Waals surface area (Å²) in [6.07, 6.45) is 3.23. The van der Waals surface area contributed by atoms with Crippen molar-refractivity contribution in [3.8, 4) is 0 Å². The molecule has 0 aliphatic carbocycles. The number of hydrogen-bond donors (Lipinski definition) is 2. The third-order valence-electron chi connectivity index (χ3n) is 4.53. The molecule has 1 saturated heterocycles. The number of unbranched alkanes of at least 4 members (excludes halogenated alkanes) is 1. The van der Waals surface area contributed by atoms with Gasteiger partial charge in [0.25, 0.3) is 0 Å². The van der Waals surface area contributed by atoms with Crippen molar-refractivity contribution in [2.24, 2.45) is 5.84 Å². The molecule has 27 heavy (non-hydrogen) atoms. The molecule has 1 aliphatic rings. The molecule has 1 unspecified atom stereocenters. The molecule has 7 heteroatoms. The number of hydrogen-bond acceptors (Lipinski definition) is 6. The van der Waals surface area contributed by atoms with E-state index in [0.29, 0.717) is 18.3 Å². The Hall–Kier alpha value is -1.67. The Labute approximate surface area is 165 Å². The van der Waals surface area contributed by atoms with Crippen LogP contribution in [-0.2, 0) is 22.7 Å². The van der Waals surface area contributed by atoms with E-state index in [1.54, 1.807) is 5.01 Å². The van der Waals surface area contributed by atoms with E-state index in [2.05, 4.69) is 41.4 Å². The molecule has 1 heterocycles. The maximum absolute atomic E-state index is 6.19. The van der Waals surface area contributed by atoms with E-state index in [1.807, 2.05) is 24.3 Å². The fourth-order valence-electron chi connectivity index (χ4n) is 2.98. The maximum Gasteiger partial charge on any atom is 0.154 e. The molecule has 3 N–H and O–H groups in total. The molecule has 146 valence electrons. The lowest BCUT2D eigenvalue weighted by Crippen LogP contribution is -2.54. The van der Waals surface area contributed by atoms with Crippen molar-refractivity contribution in [1.82, 2.24) is 9.91 Å². The van der Waals surface area contributed by atoms with Crippen molar-refractivity contribution < 1.29 is 9.78 Å². The van der Waals surface area contributed by atoms with Crippen LogP contribution < -0.4 is 11.2 Å². The van der Waals surface area contributed by atoms with E-state index in [0.717, 1.165) is 17.7 Å². The summed E-state index contributed by atoms with van der Waals surface area (Å²) in [5, 5.41) is 5.77. The SMILES string of the molecule is CCCCc1ccc(NC2N(N)COOCN2Cc2ccc(Cl)cc2)cc1. The second-order valence-corrected chi connectivity index (χ2v) is 7.14. The number of rotatable bonds is 7. The van der Waals surface area contributed by atoms with Gasteiger partial charge in [0.15, 0.2) is 13.0 Å². The first-order chi connectivity index (χ1) is 13.2. The number of hydrazine groups is 1. The third kappa shape index (κ3) is 5.90. The number of aryl methyl sites for hydroxylation is 1. The van der Waals surface area contributed by atoms with E-state index < -0.39 is 0 Å². The summed E-state index contributed by atoms with van der Waals surface area (Å²) in [7, 11) is 0. The highest BCUT2D eigenvalue weighted by molar-refractivity contribution is 6.30. The van der Waals surface area contributed by atoms with Crippen LogP contribution in [0, 0.1) is 0 Å². The zero-order valence-corrected chi connectivity index (χ0v) is 16.4. The van der Waals surface area contributed by atoms with Gasteiger partial charge in [0.1, 0.15) is 6.73 Å². The minimum absolute atomic E-state index is 0.170. The molecule has 0 amide bonds.